The lowest BCUT2D eigenvalue weighted by atomic mass is 10.1. The molecule has 2 aromatic rings. The van der Waals surface area contributed by atoms with Crippen LogP contribution in [0.5, 0.6) is 0 Å². The molecular formula is C14H15N3O. The average Bonchev–Trinajstić information content (AvgIpc) is 2.58. The first kappa shape index (κ1) is 11.1. The Morgan fingerprint density at radius 1 is 1.06 bits per heavy atom. The lowest BCUT2D eigenvalue weighted by molar-refractivity contribution is 0.575. The molecular weight excluding hydrogens is 226 g/mol. The molecule has 0 bridgehead atoms. The minimum Gasteiger partial charge on any atom is -0.356 e. The lowest BCUT2D eigenvalue weighted by Crippen LogP contribution is -2.30. The predicted octanol–water partition coefficient (Wildman–Crippen LogP) is 1.98. The third-order valence-electron chi connectivity index (χ3n) is 3.33. The summed E-state index contributed by atoms with van der Waals surface area (Å²) in [4.78, 5) is 22.2. The standard InChI is InChI=1S/C14H15N3O/c18-13-10-15-14(17-8-4-1-5-9-17)11-6-2-3-7-12(11)16-13/h2-3,6-7,10H,1,4-5,8-9H2. The normalized spacial score (nSPS) is 15.9. The smallest absolute Gasteiger partial charge is 0.288 e. The van der Waals surface area contributed by atoms with Crippen LogP contribution in [0.25, 0.3) is 10.9 Å². The van der Waals surface area contributed by atoms with Gasteiger partial charge in [0, 0.05) is 18.5 Å². The number of fused-ring (bicyclic) bond motifs is 1. The summed E-state index contributed by atoms with van der Waals surface area (Å²) >= 11 is 0. The molecule has 0 aliphatic carbocycles. The summed E-state index contributed by atoms with van der Waals surface area (Å²) in [6, 6.07) is 7.71. The lowest BCUT2D eigenvalue weighted by Gasteiger charge is -2.27. The molecule has 4 nitrogen and oxygen atoms in total. The highest BCUT2D eigenvalue weighted by molar-refractivity contribution is 5.88. The zero-order valence-electron chi connectivity index (χ0n) is 10.2. The van der Waals surface area contributed by atoms with Crippen molar-refractivity contribution in [3.63, 3.8) is 0 Å². The number of para-hydroxylation sites is 1. The molecule has 0 unspecified atom stereocenters. The van der Waals surface area contributed by atoms with E-state index in [9.17, 15) is 4.79 Å². The van der Waals surface area contributed by atoms with Gasteiger partial charge in [0.25, 0.3) is 5.56 Å². The van der Waals surface area contributed by atoms with E-state index in [0.717, 1.165) is 29.8 Å². The first-order valence-corrected chi connectivity index (χ1v) is 6.36. The topological polar surface area (TPSA) is 46.1 Å². The number of rotatable bonds is 1. The molecule has 2 heterocycles. The first-order chi connectivity index (χ1) is 8.84. The third kappa shape index (κ3) is 2.06. The van der Waals surface area contributed by atoms with E-state index in [1.54, 1.807) is 0 Å². The van der Waals surface area contributed by atoms with Crippen LogP contribution in [0, 0.1) is 0 Å². The first-order valence-electron chi connectivity index (χ1n) is 6.36. The maximum atomic E-state index is 11.5. The summed E-state index contributed by atoms with van der Waals surface area (Å²) in [6.07, 6.45) is 4.97. The van der Waals surface area contributed by atoms with E-state index in [4.69, 9.17) is 0 Å². The van der Waals surface area contributed by atoms with Crippen LogP contribution in [0.2, 0.25) is 0 Å². The Balaban J connectivity index is 2.21. The van der Waals surface area contributed by atoms with Gasteiger partial charge >= 0.3 is 0 Å². The fourth-order valence-corrected chi connectivity index (χ4v) is 2.45. The van der Waals surface area contributed by atoms with E-state index in [1.807, 2.05) is 24.3 Å². The van der Waals surface area contributed by atoms with Crippen molar-refractivity contribution in [3.8, 4) is 0 Å². The van der Waals surface area contributed by atoms with E-state index in [0.29, 0.717) is 0 Å². The molecule has 18 heavy (non-hydrogen) atoms. The van der Waals surface area contributed by atoms with Crippen LogP contribution < -0.4 is 10.5 Å². The molecule has 0 N–H and O–H groups in total. The van der Waals surface area contributed by atoms with Gasteiger partial charge in [-0.2, -0.15) is 0 Å². The summed E-state index contributed by atoms with van der Waals surface area (Å²) in [5, 5.41) is 0.960. The van der Waals surface area contributed by atoms with Gasteiger partial charge in [-0.3, -0.25) is 4.79 Å². The van der Waals surface area contributed by atoms with Crippen LogP contribution >= 0.6 is 0 Å². The second kappa shape index (κ2) is 4.72. The summed E-state index contributed by atoms with van der Waals surface area (Å²) in [5.74, 6) is 0.889. The molecule has 0 amide bonds. The Morgan fingerprint density at radius 2 is 1.83 bits per heavy atom. The molecule has 1 saturated heterocycles. The third-order valence-corrected chi connectivity index (χ3v) is 3.33. The molecule has 1 aromatic heterocycles. The molecule has 1 aromatic carbocycles. The van der Waals surface area contributed by atoms with E-state index in [-0.39, 0.29) is 5.56 Å². The van der Waals surface area contributed by atoms with Crippen molar-refractivity contribution in [2.75, 3.05) is 18.0 Å². The molecule has 0 saturated carbocycles. The Kier molecular flexibility index (Phi) is 2.92. The van der Waals surface area contributed by atoms with Gasteiger partial charge in [-0.05, 0) is 31.4 Å². The Bertz CT molecular complexity index is 621. The Labute approximate surface area is 105 Å². The quantitative estimate of drug-likeness (QED) is 0.766. The highest BCUT2D eigenvalue weighted by Gasteiger charge is 2.14. The summed E-state index contributed by atoms with van der Waals surface area (Å²) in [5.41, 5.74) is 0.440. The van der Waals surface area contributed by atoms with Crippen LogP contribution in [0.3, 0.4) is 0 Å². The van der Waals surface area contributed by atoms with Crippen LogP contribution in [0.15, 0.2) is 35.3 Å². The fraction of sp³-hybridized carbons (Fsp3) is 0.357. The molecule has 92 valence electrons. The fourth-order valence-electron chi connectivity index (χ4n) is 2.45. The molecule has 4 heteroatoms. The van der Waals surface area contributed by atoms with Crippen LogP contribution in [0.4, 0.5) is 5.82 Å². The number of benzene rings is 1. The van der Waals surface area contributed by atoms with Crippen molar-refractivity contribution in [2.24, 2.45) is 0 Å². The largest absolute Gasteiger partial charge is 0.356 e. The highest BCUT2D eigenvalue weighted by Crippen LogP contribution is 2.23. The van der Waals surface area contributed by atoms with E-state index >= 15 is 0 Å². The molecule has 0 spiro atoms. The Morgan fingerprint density at radius 3 is 2.67 bits per heavy atom. The number of anilines is 1. The van der Waals surface area contributed by atoms with Gasteiger partial charge in [0.2, 0.25) is 0 Å². The highest BCUT2D eigenvalue weighted by atomic mass is 16.1. The monoisotopic (exact) mass is 241 g/mol. The minimum absolute atomic E-state index is 0.283. The summed E-state index contributed by atoms with van der Waals surface area (Å²) < 4.78 is 0. The molecule has 0 radical (unpaired) electrons. The van der Waals surface area contributed by atoms with Crippen molar-refractivity contribution in [2.45, 2.75) is 19.3 Å². The van der Waals surface area contributed by atoms with Crippen molar-refractivity contribution >= 4 is 16.7 Å². The van der Waals surface area contributed by atoms with E-state index < -0.39 is 0 Å². The molecule has 1 aliphatic rings. The van der Waals surface area contributed by atoms with Crippen LogP contribution in [-0.4, -0.2) is 23.1 Å². The number of aromatic nitrogens is 2. The molecule has 1 fully saturated rings. The number of hydrogen-bond donors (Lipinski definition) is 0. The molecule has 1 aliphatic heterocycles. The molecule has 3 rings (SSSR count). The van der Waals surface area contributed by atoms with Gasteiger partial charge in [0.05, 0.1) is 11.7 Å². The van der Waals surface area contributed by atoms with Crippen molar-refractivity contribution in [1.82, 2.24) is 9.97 Å². The summed E-state index contributed by atoms with van der Waals surface area (Å²) in [7, 11) is 0. The predicted molar refractivity (Wildman–Crippen MR) is 71.9 cm³/mol. The van der Waals surface area contributed by atoms with Crippen molar-refractivity contribution in [1.29, 1.82) is 0 Å². The van der Waals surface area contributed by atoms with Gasteiger partial charge in [0.15, 0.2) is 0 Å². The number of hydrogen-bond acceptors (Lipinski definition) is 4. The molecule has 0 atom stereocenters. The van der Waals surface area contributed by atoms with Gasteiger partial charge in [-0.15, -0.1) is 0 Å². The van der Waals surface area contributed by atoms with E-state index in [2.05, 4.69) is 14.9 Å². The second-order valence-electron chi connectivity index (χ2n) is 4.60. The number of piperidine rings is 1. The maximum absolute atomic E-state index is 11.5. The SMILES string of the molecule is O=c1cnc(N2CCCCC2)c2ccccc2n1. The van der Waals surface area contributed by atoms with Gasteiger partial charge in [-0.1, -0.05) is 12.1 Å². The zero-order chi connectivity index (χ0) is 12.4. The second-order valence-corrected chi connectivity index (χ2v) is 4.60. The average molecular weight is 241 g/mol. The maximum Gasteiger partial charge on any atom is 0.288 e. The van der Waals surface area contributed by atoms with Crippen LogP contribution in [0.1, 0.15) is 19.3 Å². The van der Waals surface area contributed by atoms with Gasteiger partial charge in [0.1, 0.15) is 5.82 Å². The van der Waals surface area contributed by atoms with Crippen molar-refractivity contribution in [3.05, 3.63) is 40.8 Å². The Hall–Kier alpha value is -1.97. The van der Waals surface area contributed by atoms with E-state index in [1.165, 1.54) is 25.5 Å². The van der Waals surface area contributed by atoms with Gasteiger partial charge in [-0.25, -0.2) is 9.97 Å². The summed E-state index contributed by atoms with van der Waals surface area (Å²) in [6.45, 7) is 2.02. The minimum atomic E-state index is -0.283. The van der Waals surface area contributed by atoms with Crippen LogP contribution in [-0.2, 0) is 0 Å². The van der Waals surface area contributed by atoms with Gasteiger partial charge < -0.3 is 4.90 Å². The zero-order valence-corrected chi connectivity index (χ0v) is 10.2. The van der Waals surface area contributed by atoms with Crippen molar-refractivity contribution < 1.29 is 0 Å². The number of nitrogens with zero attached hydrogens (tertiary/aromatic N) is 3.